The third-order valence-electron chi connectivity index (χ3n) is 3.21. The van der Waals surface area contributed by atoms with Gasteiger partial charge in [-0.1, -0.05) is 30.3 Å². The predicted octanol–water partition coefficient (Wildman–Crippen LogP) is 2.88. The van der Waals surface area contributed by atoms with Gasteiger partial charge in [-0.05, 0) is 42.0 Å². The molecule has 0 spiro atoms. The molecule has 3 amide bonds. The van der Waals surface area contributed by atoms with E-state index in [0.717, 1.165) is 12.2 Å². The summed E-state index contributed by atoms with van der Waals surface area (Å²) in [6.45, 7) is 0.513. The molecule has 5 nitrogen and oxygen atoms in total. The smallest absolute Gasteiger partial charge is 0.333 e. The van der Waals surface area contributed by atoms with Gasteiger partial charge in [0, 0.05) is 11.4 Å². The highest BCUT2D eigenvalue weighted by Gasteiger charge is 2.05. The highest BCUT2D eigenvalue weighted by atomic mass is 32.2. The maximum atomic E-state index is 12.8. The van der Waals surface area contributed by atoms with Crippen LogP contribution in [0.3, 0.4) is 0 Å². The standard InChI is InChI=1S/C18H20FN3O2S/c19-15-9-7-14(8-10-15)13-17(23)21-22-18(24)20-11-4-12-25-16-5-2-1-3-6-16/h1-3,5-10H,4,11-13H2,(H,21,23)(H2,20,22,24). The molecule has 2 aromatic carbocycles. The monoisotopic (exact) mass is 361 g/mol. The van der Waals surface area contributed by atoms with Gasteiger partial charge in [-0.3, -0.25) is 10.2 Å². The molecule has 2 rings (SSSR count). The van der Waals surface area contributed by atoms with Gasteiger partial charge >= 0.3 is 6.03 Å². The van der Waals surface area contributed by atoms with Crippen molar-refractivity contribution >= 4 is 23.7 Å². The van der Waals surface area contributed by atoms with E-state index in [-0.39, 0.29) is 18.1 Å². The molecule has 0 saturated heterocycles. The third kappa shape index (κ3) is 7.71. The molecule has 0 aliphatic carbocycles. The summed E-state index contributed by atoms with van der Waals surface area (Å²) < 4.78 is 12.8. The number of urea groups is 1. The number of hydrogen-bond donors (Lipinski definition) is 3. The average molecular weight is 361 g/mol. The molecular weight excluding hydrogens is 341 g/mol. The minimum Gasteiger partial charge on any atom is -0.337 e. The van der Waals surface area contributed by atoms with E-state index in [9.17, 15) is 14.0 Å². The van der Waals surface area contributed by atoms with Crippen LogP contribution >= 0.6 is 11.8 Å². The van der Waals surface area contributed by atoms with Crippen LogP contribution in [-0.2, 0) is 11.2 Å². The van der Waals surface area contributed by atoms with Gasteiger partial charge in [0.25, 0.3) is 0 Å². The zero-order valence-corrected chi connectivity index (χ0v) is 14.4. The van der Waals surface area contributed by atoms with Crippen LogP contribution in [0.5, 0.6) is 0 Å². The van der Waals surface area contributed by atoms with Crippen LogP contribution in [0.15, 0.2) is 59.5 Å². The van der Waals surface area contributed by atoms with Crippen LogP contribution in [0.1, 0.15) is 12.0 Å². The number of benzene rings is 2. The van der Waals surface area contributed by atoms with Crippen LogP contribution in [0.2, 0.25) is 0 Å². The summed E-state index contributed by atoms with van der Waals surface area (Å²) in [5, 5.41) is 2.67. The minimum atomic E-state index is -0.461. The molecule has 0 radical (unpaired) electrons. The molecule has 25 heavy (non-hydrogen) atoms. The lowest BCUT2D eigenvalue weighted by atomic mass is 10.1. The lowest BCUT2D eigenvalue weighted by Gasteiger charge is -2.09. The molecule has 0 saturated carbocycles. The molecule has 0 bridgehead atoms. The number of thioether (sulfide) groups is 1. The van der Waals surface area contributed by atoms with E-state index < -0.39 is 6.03 Å². The number of carbonyl (C=O) groups excluding carboxylic acids is 2. The molecule has 0 heterocycles. The molecule has 0 unspecified atom stereocenters. The van der Waals surface area contributed by atoms with Crippen molar-refractivity contribution in [3.8, 4) is 0 Å². The molecule has 0 aromatic heterocycles. The van der Waals surface area contributed by atoms with Gasteiger partial charge in [0.2, 0.25) is 5.91 Å². The number of rotatable bonds is 7. The van der Waals surface area contributed by atoms with Gasteiger partial charge in [-0.15, -0.1) is 11.8 Å². The third-order valence-corrected chi connectivity index (χ3v) is 4.31. The Morgan fingerprint density at radius 1 is 0.960 bits per heavy atom. The number of amides is 3. The largest absolute Gasteiger partial charge is 0.337 e. The van der Waals surface area contributed by atoms with Crippen molar-refractivity contribution in [3.63, 3.8) is 0 Å². The summed E-state index contributed by atoms with van der Waals surface area (Å²) in [4.78, 5) is 24.5. The number of halogens is 1. The SMILES string of the molecule is O=C(Cc1ccc(F)cc1)NNC(=O)NCCCSc1ccccc1. The van der Waals surface area contributed by atoms with Crippen molar-refractivity contribution < 1.29 is 14.0 Å². The molecule has 132 valence electrons. The lowest BCUT2D eigenvalue weighted by Crippen LogP contribution is -2.47. The van der Waals surface area contributed by atoms with Crippen LogP contribution in [0.25, 0.3) is 0 Å². The Kier molecular flexibility index (Phi) is 7.78. The van der Waals surface area contributed by atoms with E-state index in [1.807, 2.05) is 30.3 Å². The first-order valence-electron chi connectivity index (χ1n) is 7.88. The summed E-state index contributed by atoms with van der Waals surface area (Å²) in [7, 11) is 0. The fourth-order valence-corrected chi connectivity index (χ4v) is 2.86. The Morgan fingerprint density at radius 2 is 1.68 bits per heavy atom. The fraction of sp³-hybridized carbons (Fsp3) is 0.222. The van der Waals surface area contributed by atoms with Crippen molar-refractivity contribution in [2.75, 3.05) is 12.3 Å². The molecule has 0 aliphatic rings. The maximum absolute atomic E-state index is 12.8. The van der Waals surface area contributed by atoms with Crippen LogP contribution < -0.4 is 16.2 Å². The highest BCUT2D eigenvalue weighted by molar-refractivity contribution is 7.99. The molecule has 7 heteroatoms. The van der Waals surface area contributed by atoms with E-state index in [2.05, 4.69) is 16.2 Å². The van der Waals surface area contributed by atoms with Crippen molar-refractivity contribution in [3.05, 3.63) is 66.0 Å². The Bertz CT molecular complexity index is 680. The van der Waals surface area contributed by atoms with Gasteiger partial charge in [-0.2, -0.15) is 0 Å². The minimum absolute atomic E-state index is 0.0638. The predicted molar refractivity (Wildman–Crippen MR) is 96.6 cm³/mol. The molecule has 2 aromatic rings. The Balaban J connectivity index is 1.54. The lowest BCUT2D eigenvalue weighted by molar-refractivity contribution is -0.121. The van der Waals surface area contributed by atoms with E-state index in [1.54, 1.807) is 11.8 Å². The first kappa shape index (κ1) is 18.8. The van der Waals surface area contributed by atoms with E-state index in [1.165, 1.54) is 29.2 Å². The highest BCUT2D eigenvalue weighted by Crippen LogP contribution is 2.17. The quantitative estimate of drug-likeness (QED) is 0.403. The summed E-state index contributed by atoms with van der Waals surface area (Å²) in [5.74, 6) is 0.162. The van der Waals surface area contributed by atoms with Crippen molar-refractivity contribution in [1.82, 2.24) is 16.2 Å². The first-order valence-corrected chi connectivity index (χ1v) is 8.87. The zero-order valence-electron chi connectivity index (χ0n) is 13.6. The van der Waals surface area contributed by atoms with Gasteiger partial charge in [0.05, 0.1) is 6.42 Å². The second-order valence-electron chi connectivity index (χ2n) is 5.25. The van der Waals surface area contributed by atoms with Gasteiger partial charge in [0.1, 0.15) is 5.82 Å². The van der Waals surface area contributed by atoms with Crippen LogP contribution in [-0.4, -0.2) is 24.2 Å². The second-order valence-corrected chi connectivity index (χ2v) is 6.42. The van der Waals surface area contributed by atoms with Gasteiger partial charge in [-0.25, -0.2) is 14.6 Å². The molecule has 0 aliphatic heterocycles. The van der Waals surface area contributed by atoms with Gasteiger partial charge < -0.3 is 5.32 Å². The summed E-state index contributed by atoms with van der Waals surface area (Å²) in [5.41, 5.74) is 5.27. The molecule has 0 atom stereocenters. The topological polar surface area (TPSA) is 70.2 Å². The normalized spacial score (nSPS) is 10.1. The van der Waals surface area contributed by atoms with E-state index in [0.29, 0.717) is 12.1 Å². The number of hydrazine groups is 1. The summed E-state index contributed by atoms with van der Waals surface area (Å²) in [6.07, 6.45) is 0.880. The second kappa shape index (κ2) is 10.4. The Morgan fingerprint density at radius 3 is 2.40 bits per heavy atom. The number of nitrogens with one attached hydrogen (secondary N) is 3. The van der Waals surface area contributed by atoms with E-state index in [4.69, 9.17) is 0 Å². The van der Waals surface area contributed by atoms with E-state index >= 15 is 0 Å². The first-order chi connectivity index (χ1) is 12.1. The van der Waals surface area contributed by atoms with Crippen molar-refractivity contribution in [1.29, 1.82) is 0 Å². The Hall–Kier alpha value is -2.54. The summed E-state index contributed by atoms with van der Waals surface area (Å²) in [6, 6.07) is 15.2. The van der Waals surface area contributed by atoms with Crippen molar-refractivity contribution in [2.24, 2.45) is 0 Å². The van der Waals surface area contributed by atoms with Crippen LogP contribution in [0.4, 0.5) is 9.18 Å². The summed E-state index contributed by atoms with van der Waals surface area (Å²) >= 11 is 1.72. The van der Waals surface area contributed by atoms with Gasteiger partial charge in [0.15, 0.2) is 0 Å². The maximum Gasteiger partial charge on any atom is 0.333 e. The molecule has 3 N–H and O–H groups in total. The Labute approximate surface area is 150 Å². The van der Waals surface area contributed by atoms with Crippen LogP contribution in [0, 0.1) is 5.82 Å². The molecule has 0 fully saturated rings. The average Bonchev–Trinajstić information content (AvgIpc) is 2.62. The zero-order chi connectivity index (χ0) is 17.9. The molecular formula is C18H20FN3O2S. The number of hydrogen-bond acceptors (Lipinski definition) is 3. The number of carbonyl (C=O) groups is 2. The van der Waals surface area contributed by atoms with Crippen molar-refractivity contribution in [2.45, 2.75) is 17.7 Å². The fourth-order valence-electron chi connectivity index (χ4n) is 1.98.